The maximum Gasteiger partial charge on any atom is 0.311 e. The van der Waals surface area contributed by atoms with E-state index in [1.165, 1.54) is 0 Å². The van der Waals surface area contributed by atoms with Crippen molar-refractivity contribution in [1.82, 2.24) is 0 Å². The summed E-state index contributed by atoms with van der Waals surface area (Å²) in [6.45, 7) is 1.96. The van der Waals surface area contributed by atoms with Gasteiger partial charge in [0.25, 0.3) is 0 Å². The van der Waals surface area contributed by atoms with Crippen LogP contribution in [0.5, 0.6) is 5.95 Å². The maximum atomic E-state index is 10.1. The van der Waals surface area contributed by atoms with Crippen LogP contribution in [0.2, 0.25) is 0 Å². The largest absolute Gasteiger partial charge is 0.479 e. The summed E-state index contributed by atoms with van der Waals surface area (Å²) in [6.07, 6.45) is 0. The highest BCUT2D eigenvalue weighted by atomic mass is 16.5. The van der Waals surface area contributed by atoms with Gasteiger partial charge in [0.1, 0.15) is 5.76 Å². The van der Waals surface area contributed by atoms with Gasteiger partial charge in [-0.15, -0.1) is 5.11 Å². The molecule has 0 saturated heterocycles. The molecule has 0 aliphatic heterocycles. The molecule has 0 radical (unpaired) electrons. The van der Waals surface area contributed by atoms with E-state index in [2.05, 4.69) is 22.4 Å². The summed E-state index contributed by atoms with van der Waals surface area (Å²) in [5.41, 5.74) is 5.21. The van der Waals surface area contributed by atoms with E-state index >= 15 is 0 Å². The van der Waals surface area contributed by atoms with E-state index in [1.807, 2.05) is 73.7 Å². The lowest BCUT2D eigenvalue weighted by atomic mass is 10.0. The van der Waals surface area contributed by atoms with Gasteiger partial charge in [0.15, 0.2) is 5.69 Å². The molecule has 0 atom stereocenters. The van der Waals surface area contributed by atoms with Crippen LogP contribution in [0.3, 0.4) is 0 Å². The molecule has 0 fully saturated rings. The number of benzene rings is 3. The van der Waals surface area contributed by atoms with Crippen molar-refractivity contribution in [3.8, 4) is 28.4 Å². The van der Waals surface area contributed by atoms with Crippen molar-refractivity contribution >= 4 is 11.4 Å². The molecular weight excluding hydrogens is 336 g/mol. The molecule has 1 aromatic heterocycles. The Kier molecular flexibility index (Phi) is 4.54. The average Bonchev–Trinajstić information content (AvgIpc) is 3.09. The molecular formula is C23H18N2O2. The minimum atomic E-state index is -0.241. The Morgan fingerprint density at radius 1 is 0.667 bits per heavy atom. The number of hydrogen-bond acceptors (Lipinski definition) is 4. The SMILES string of the molecule is Cc1ccccc1N=Nc1cc(-c2ccc(-c3ccccc3)cc2)oc1O. The third kappa shape index (κ3) is 3.65. The Bertz CT molecular complexity index is 1080. The third-order valence-electron chi connectivity index (χ3n) is 4.35. The first-order valence-electron chi connectivity index (χ1n) is 8.67. The van der Waals surface area contributed by atoms with E-state index in [0.717, 1.165) is 27.9 Å². The van der Waals surface area contributed by atoms with Crippen LogP contribution in [0.4, 0.5) is 11.4 Å². The van der Waals surface area contributed by atoms with Gasteiger partial charge in [-0.05, 0) is 29.7 Å². The topological polar surface area (TPSA) is 58.1 Å². The first kappa shape index (κ1) is 16.8. The molecule has 27 heavy (non-hydrogen) atoms. The number of furan rings is 1. The molecule has 4 nitrogen and oxygen atoms in total. The van der Waals surface area contributed by atoms with Crippen LogP contribution in [0.15, 0.2) is 99.6 Å². The smallest absolute Gasteiger partial charge is 0.311 e. The molecule has 132 valence electrons. The second-order valence-electron chi connectivity index (χ2n) is 6.23. The Labute approximate surface area is 157 Å². The monoisotopic (exact) mass is 354 g/mol. The van der Waals surface area contributed by atoms with Crippen molar-refractivity contribution in [3.05, 3.63) is 90.5 Å². The number of hydrogen-bond donors (Lipinski definition) is 1. The summed E-state index contributed by atoms with van der Waals surface area (Å²) >= 11 is 0. The predicted molar refractivity (Wildman–Crippen MR) is 107 cm³/mol. The van der Waals surface area contributed by atoms with Crippen LogP contribution in [0.1, 0.15) is 5.56 Å². The van der Waals surface area contributed by atoms with Gasteiger partial charge in [-0.2, -0.15) is 5.11 Å². The van der Waals surface area contributed by atoms with Crippen LogP contribution < -0.4 is 0 Å². The summed E-state index contributed by atoms with van der Waals surface area (Å²) in [5, 5.41) is 18.4. The number of rotatable bonds is 4. The fraction of sp³-hybridized carbons (Fsp3) is 0.0435. The number of aryl methyl sites for hydroxylation is 1. The lowest BCUT2D eigenvalue weighted by Gasteiger charge is -2.02. The molecule has 4 heteroatoms. The summed E-state index contributed by atoms with van der Waals surface area (Å²) < 4.78 is 5.47. The first-order chi connectivity index (χ1) is 13.2. The van der Waals surface area contributed by atoms with Gasteiger partial charge >= 0.3 is 5.95 Å². The zero-order valence-corrected chi connectivity index (χ0v) is 14.8. The van der Waals surface area contributed by atoms with E-state index in [1.54, 1.807) is 6.07 Å². The van der Waals surface area contributed by atoms with Crippen molar-refractivity contribution in [1.29, 1.82) is 0 Å². The Hall–Kier alpha value is -3.66. The van der Waals surface area contributed by atoms with Crippen molar-refractivity contribution in [2.45, 2.75) is 6.92 Å². The quantitative estimate of drug-likeness (QED) is 0.399. The molecule has 0 aliphatic rings. The summed E-state index contributed by atoms with van der Waals surface area (Å²) in [5.74, 6) is 0.306. The van der Waals surface area contributed by atoms with Crippen LogP contribution in [-0.2, 0) is 0 Å². The van der Waals surface area contributed by atoms with Gasteiger partial charge in [-0.25, -0.2) is 0 Å². The van der Waals surface area contributed by atoms with Crippen LogP contribution >= 0.6 is 0 Å². The maximum absolute atomic E-state index is 10.1. The van der Waals surface area contributed by atoms with Crippen LogP contribution in [0, 0.1) is 6.92 Å². The van der Waals surface area contributed by atoms with E-state index in [-0.39, 0.29) is 5.95 Å². The fourth-order valence-electron chi connectivity index (χ4n) is 2.83. The minimum absolute atomic E-state index is 0.241. The van der Waals surface area contributed by atoms with Crippen LogP contribution in [-0.4, -0.2) is 5.11 Å². The number of nitrogens with zero attached hydrogens (tertiary/aromatic N) is 2. The highest BCUT2D eigenvalue weighted by Crippen LogP contribution is 2.37. The van der Waals surface area contributed by atoms with Gasteiger partial charge in [-0.1, -0.05) is 72.8 Å². The molecule has 4 aromatic rings. The average molecular weight is 354 g/mol. The molecule has 1 heterocycles. The van der Waals surface area contributed by atoms with E-state index < -0.39 is 0 Å². The van der Waals surface area contributed by atoms with Crippen molar-refractivity contribution in [2.75, 3.05) is 0 Å². The Morgan fingerprint density at radius 3 is 2.00 bits per heavy atom. The highest BCUT2D eigenvalue weighted by molar-refractivity contribution is 5.70. The molecule has 0 bridgehead atoms. The van der Waals surface area contributed by atoms with Gasteiger partial charge in [0, 0.05) is 11.6 Å². The van der Waals surface area contributed by atoms with E-state index in [9.17, 15) is 5.11 Å². The van der Waals surface area contributed by atoms with E-state index in [4.69, 9.17) is 4.42 Å². The number of aromatic hydroxyl groups is 1. The number of azo groups is 1. The molecule has 3 aromatic carbocycles. The lowest BCUT2D eigenvalue weighted by molar-refractivity contribution is 0.339. The van der Waals surface area contributed by atoms with Gasteiger partial charge in [-0.3, -0.25) is 0 Å². The molecule has 1 N–H and O–H groups in total. The van der Waals surface area contributed by atoms with E-state index in [0.29, 0.717) is 11.4 Å². The molecule has 0 unspecified atom stereocenters. The normalized spacial score (nSPS) is 11.1. The molecule has 0 saturated carbocycles. The van der Waals surface area contributed by atoms with Gasteiger partial charge in [0.2, 0.25) is 0 Å². The molecule has 0 amide bonds. The summed E-state index contributed by atoms with van der Waals surface area (Å²) in [6, 6.07) is 27.5. The van der Waals surface area contributed by atoms with Crippen molar-refractivity contribution in [3.63, 3.8) is 0 Å². The molecule has 0 spiro atoms. The second-order valence-corrected chi connectivity index (χ2v) is 6.23. The second kappa shape index (κ2) is 7.30. The van der Waals surface area contributed by atoms with Gasteiger partial charge in [0.05, 0.1) is 5.69 Å². The molecule has 4 rings (SSSR count). The van der Waals surface area contributed by atoms with Crippen molar-refractivity contribution < 1.29 is 9.52 Å². The summed E-state index contributed by atoms with van der Waals surface area (Å²) in [7, 11) is 0. The Balaban J connectivity index is 1.59. The zero-order valence-electron chi connectivity index (χ0n) is 14.8. The third-order valence-corrected chi connectivity index (χ3v) is 4.35. The zero-order chi connectivity index (χ0) is 18.6. The minimum Gasteiger partial charge on any atom is -0.479 e. The highest BCUT2D eigenvalue weighted by Gasteiger charge is 2.12. The van der Waals surface area contributed by atoms with Crippen LogP contribution in [0.25, 0.3) is 22.5 Å². The summed E-state index contributed by atoms with van der Waals surface area (Å²) in [4.78, 5) is 0. The Morgan fingerprint density at radius 2 is 1.26 bits per heavy atom. The standard InChI is InChI=1S/C23H18N2O2/c1-16-7-5-6-10-20(16)24-25-21-15-22(27-23(21)26)19-13-11-18(12-14-19)17-8-3-2-4-9-17/h2-15,26H,1H3. The van der Waals surface area contributed by atoms with Gasteiger partial charge < -0.3 is 9.52 Å². The first-order valence-corrected chi connectivity index (χ1v) is 8.67. The van der Waals surface area contributed by atoms with Crippen molar-refractivity contribution in [2.24, 2.45) is 10.2 Å². The fourth-order valence-corrected chi connectivity index (χ4v) is 2.83. The predicted octanol–water partition coefficient (Wildman–Crippen LogP) is 7.04. The lowest BCUT2D eigenvalue weighted by Crippen LogP contribution is -1.78. The molecule has 0 aliphatic carbocycles.